The Morgan fingerprint density at radius 3 is 2.94 bits per heavy atom. The summed E-state index contributed by atoms with van der Waals surface area (Å²) in [6.07, 6.45) is 2.12. The number of aryl methyl sites for hydroxylation is 1. The molecule has 1 aromatic rings. The molecule has 2 unspecified atom stereocenters. The molecule has 3 heteroatoms. The predicted octanol–water partition coefficient (Wildman–Crippen LogP) is 2.77. The fourth-order valence-corrected chi connectivity index (χ4v) is 2.02. The zero-order valence-corrected chi connectivity index (χ0v) is 10.1. The third kappa shape index (κ3) is 3.77. The Morgan fingerprint density at radius 1 is 1.53 bits per heavy atom. The fourth-order valence-electron chi connectivity index (χ4n) is 2.02. The van der Waals surface area contributed by atoms with Crippen LogP contribution in [0.2, 0.25) is 0 Å². The Bertz CT molecular complexity index is 403. The van der Waals surface area contributed by atoms with Crippen LogP contribution in [0.5, 0.6) is 0 Å². The number of rotatable bonds is 6. The summed E-state index contributed by atoms with van der Waals surface area (Å²) >= 11 is 0. The third-order valence-electron chi connectivity index (χ3n) is 3.40. The summed E-state index contributed by atoms with van der Waals surface area (Å²) in [7, 11) is 0. The number of carboxylic acids is 1. The van der Waals surface area contributed by atoms with E-state index in [1.807, 2.05) is 18.2 Å². The summed E-state index contributed by atoms with van der Waals surface area (Å²) in [5.74, 6) is 0.936. The van der Waals surface area contributed by atoms with Crippen molar-refractivity contribution in [2.45, 2.75) is 26.2 Å². The van der Waals surface area contributed by atoms with Crippen LogP contribution in [-0.4, -0.2) is 17.6 Å². The van der Waals surface area contributed by atoms with Crippen molar-refractivity contribution in [2.75, 3.05) is 11.9 Å². The first-order valence-corrected chi connectivity index (χ1v) is 6.20. The summed E-state index contributed by atoms with van der Waals surface area (Å²) in [6.45, 7) is 3.30. The van der Waals surface area contributed by atoms with Crippen molar-refractivity contribution in [1.29, 1.82) is 0 Å². The standard InChI is InChI=1S/C14H19NO2/c1-10-7-12(10)9-15-13-4-2-3-11(8-13)5-6-14(16)17/h2-4,8,10,12,15H,5-7,9H2,1H3,(H,16,17). The zero-order valence-electron chi connectivity index (χ0n) is 10.1. The molecule has 0 radical (unpaired) electrons. The molecule has 0 saturated heterocycles. The Morgan fingerprint density at radius 2 is 2.29 bits per heavy atom. The van der Waals surface area contributed by atoms with E-state index in [2.05, 4.69) is 18.3 Å². The molecule has 1 aliphatic rings. The number of carbonyl (C=O) groups is 1. The van der Waals surface area contributed by atoms with E-state index >= 15 is 0 Å². The summed E-state index contributed by atoms with van der Waals surface area (Å²) in [4.78, 5) is 10.5. The van der Waals surface area contributed by atoms with Crippen LogP contribution in [0.15, 0.2) is 24.3 Å². The van der Waals surface area contributed by atoms with Crippen LogP contribution in [0.4, 0.5) is 5.69 Å². The molecule has 1 saturated carbocycles. The van der Waals surface area contributed by atoms with Gasteiger partial charge in [0.2, 0.25) is 0 Å². The largest absolute Gasteiger partial charge is 0.481 e. The highest BCUT2D eigenvalue weighted by molar-refractivity contribution is 5.67. The minimum absolute atomic E-state index is 0.198. The Hall–Kier alpha value is -1.51. The zero-order chi connectivity index (χ0) is 12.3. The Kier molecular flexibility index (Phi) is 3.67. The minimum Gasteiger partial charge on any atom is -0.481 e. The van der Waals surface area contributed by atoms with Crippen molar-refractivity contribution in [2.24, 2.45) is 11.8 Å². The average Bonchev–Trinajstić information content (AvgIpc) is 3.01. The summed E-state index contributed by atoms with van der Waals surface area (Å²) in [6, 6.07) is 8.05. The lowest BCUT2D eigenvalue weighted by Gasteiger charge is -2.07. The maximum atomic E-state index is 10.5. The van der Waals surface area contributed by atoms with Crippen LogP contribution < -0.4 is 5.32 Å². The van der Waals surface area contributed by atoms with Gasteiger partial charge in [0.05, 0.1) is 0 Å². The second-order valence-electron chi connectivity index (χ2n) is 4.95. The highest BCUT2D eigenvalue weighted by Gasteiger charge is 2.31. The van der Waals surface area contributed by atoms with Gasteiger partial charge in [0, 0.05) is 18.7 Å². The molecule has 1 aliphatic carbocycles. The molecule has 1 aromatic carbocycles. The molecule has 0 aromatic heterocycles. The molecular weight excluding hydrogens is 214 g/mol. The topological polar surface area (TPSA) is 49.3 Å². The monoisotopic (exact) mass is 233 g/mol. The number of carboxylic acid groups (broad SMARTS) is 1. The first-order valence-electron chi connectivity index (χ1n) is 6.20. The van der Waals surface area contributed by atoms with Crippen molar-refractivity contribution >= 4 is 11.7 Å². The smallest absolute Gasteiger partial charge is 0.303 e. The number of aliphatic carboxylic acids is 1. The summed E-state index contributed by atoms with van der Waals surface area (Å²) in [5, 5.41) is 12.1. The molecular formula is C14H19NO2. The van der Waals surface area contributed by atoms with Crippen molar-refractivity contribution in [3.05, 3.63) is 29.8 Å². The molecule has 2 rings (SSSR count). The van der Waals surface area contributed by atoms with E-state index < -0.39 is 5.97 Å². The summed E-state index contributed by atoms with van der Waals surface area (Å²) in [5.41, 5.74) is 2.19. The van der Waals surface area contributed by atoms with Gasteiger partial charge in [0.15, 0.2) is 0 Å². The van der Waals surface area contributed by atoms with Crippen LogP contribution in [0, 0.1) is 11.8 Å². The fraction of sp³-hybridized carbons (Fsp3) is 0.500. The molecule has 1 fully saturated rings. The van der Waals surface area contributed by atoms with Crippen LogP contribution in [0.1, 0.15) is 25.3 Å². The van der Waals surface area contributed by atoms with E-state index in [-0.39, 0.29) is 6.42 Å². The number of anilines is 1. The van der Waals surface area contributed by atoms with Crippen molar-refractivity contribution in [3.63, 3.8) is 0 Å². The first-order chi connectivity index (χ1) is 8.15. The van der Waals surface area contributed by atoms with Crippen molar-refractivity contribution in [1.82, 2.24) is 0 Å². The van der Waals surface area contributed by atoms with Gasteiger partial charge >= 0.3 is 5.97 Å². The molecule has 92 valence electrons. The molecule has 0 aliphatic heterocycles. The van der Waals surface area contributed by atoms with E-state index in [9.17, 15) is 4.79 Å². The second-order valence-corrected chi connectivity index (χ2v) is 4.95. The third-order valence-corrected chi connectivity index (χ3v) is 3.40. The number of benzene rings is 1. The maximum absolute atomic E-state index is 10.5. The highest BCUT2D eigenvalue weighted by atomic mass is 16.4. The molecule has 2 atom stereocenters. The average molecular weight is 233 g/mol. The molecule has 2 N–H and O–H groups in total. The van der Waals surface area contributed by atoms with Gasteiger partial charge in [-0.2, -0.15) is 0 Å². The van der Waals surface area contributed by atoms with Gasteiger partial charge in [-0.25, -0.2) is 0 Å². The maximum Gasteiger partial charge on any atom is 0.303 e. The first kappa shape index (κ1) is 12.0. The van der Waals surface area contributed by atoms with Gasteiger partial charge in [-0.3, -0.25) is 4.79 Å². The number of hydrogen-bond donors (Lipinski definition) is 2. The highest BCUT2D eigenvalue weighted by Crippen LogP contribution is 2.37. The quantitative estimate of drug-likeness (QED) is 0.794. The molecule has 3 nitrogen and oxygen atoms in total. The molecule has 0 amide bonds. The van der Waals surface area contributed by atoms with Gasteiger partial charge in [-0.15, -0.1) is 0 Å². The summed E-state index contributed by atoms with van der Waals surface area (Å²) < 4.78 is 0. The SMILES string of the molecule is CC1CC1CNc1cccc(CCC(=O)O)c1. The van der Waals surface area contributed by atoms with Crippen molar-refractivity contribution in [3.8, 4) is 0 Å². The van der Waals surface area contributed by atoms with Gasteiger partial charge in [0.25, 0.3) is 0 Å². The lowest BCUT2D eigenvalue weighted by molar-refractivity contribution is -0.136. The van der Waals surface area contributed by atoms with E-state index in [4.69, 9.17) is 5.11 Å². The van der Waals surface area contributed by atoms with Gasteiger partial charge < -0.3 is 10.4 Å². The lowest BCUT2D eigenvalue weighted by atomic mass is 10.1. The van der Waals surface area contributed by atoms with Gasteiger partial charge in [-0.1, -0.05) is 19.1 Å². The number of hydrogen-bond acceptors (Lipinski definition) is 2. The van der Waals surface area contributed by atoms with Crippen LogP contribution in [-0.2, 0) is 11.2 Å². The van der Waals surface area contributed by atoms with E-state index in [0.29, 0.717) is 6.42 Å². The van der Waals surface area contributed by atoms with E-state index in [1.165, 1.54) is 6.42 Å². The van der Waals surface area contributed by atoms with Crippen molar-refractivity contribution < 1.29 is 9.90 Å². The predicted molar refractivity (Wildman–Crippen MR) is 68.2 cm³/mol. The molecule has 0 heterocycles. The normalized spacial score (nSPS) is 22.2. The van der Waals surface area contributed by atoms with E-state index in [0.717, 1.165) is 29.6 Å². The van der Waals surface area contributed by atoms with Crippen LogP contribution in [0.3, 0.4) is 0 Å². The molecule has 0 spiro atoms. The van der Waals surface area contributed by atoms with E-state index in [1.54, 1.807) is 0 Å². The Labute approximate surface area is 102 Å². The minimum atomic E-state index is -0.741. The Balaban J connectivity index is 1.84. The number of nitrogens with one attached hydrogen (secondary N) is 1. The van der Waals surface area contributed by atoms with Gasteiger partial charge in [-0.05, 0) is 42.4 Å². The molecule has 0 bridgehead atoms. The lowest BCUT2D eigenvalue weighted by Crippen LogP contribution is -2.05. The van der Waals surface area contributed by atoms with Crippen LogP contribution in [0.25, 0.3) is 0 Å². The molecule has 17 heavy (non-hydrogen) atoms. The second kappa shape index (κ2) is 5.21. The van der Waals surface area contributed by atoms with Gasteiger partial charge in [0.1, 0.15) is 0 Å². The van der Waals surface area contributed by atoms with Crippen LogP contribution >= 0.6 is 0 Å².